The summed E-state index contributed by atoms with van der Waals surface area (Å²) in [6.45, 7) is 1.77. The van der Waals surface area contributed by atoms with Crippen molar-refractivity contribution in [3.05, 3.63) is 59.2 Å². The van der Waals surface area contributed by atoms with Gasteiger partial charge in [-0.05, 0) is 36.8 Å². The molecule has 1 heterocycles. The van der Waals surface area contributed by atoms with Crippen LogP contribution in [0.2, 0.25) is 0 Å². The van der Waals surface area contributed by atoms with Gasteiger partial charge in [-0.3, -0.25) is 4.79 Å². The molecule has 1 aliphatic rings. The summed E-state index contributed by atoms with van der Waals surface area (Å²) >= 11 is 0. The molecule has 0 spiro atoms. The van der Waals surface area contributed by atoms with Crippen molar-refractivity contribution in [1.82, 2.24) is 0 Å². The fraction of sp³-hybridized carbons (Fsp3) is 0.188. The van der Waals surface area contributed by atoms with Gasteiger partial charge in [0.1, 0.15) is 0 Å². The molecular weight excluding hydrogens is 343 g/mol. The highest BCUT2D eigenvalue weighted by Crippen LogP contribution is 2.41. The van der Waals surface area contributed by atoms with Gasteiger partial charge in [-0.1, -0.05) is 23.8 Å². The molecule has 1 aliphatic heterocycles. The lowest BCUT2D eigenvalue weighted by Crippen LogP contribution is -2.33. The van der Waals surface area contributed by atoms with Crippen LogP contribution in [0.15, 0.2) is 47.4 Å². The molecule has 0 aliphatic carbocycles. The van der Waals surface area contributed by atoms with E-state index in [0.29, 0.717) is 4.31 Å². The van der Waals surface area contributed by atoms with E-state index in [4.69, 9.17) is 0 Å². The van der Waals surface area contributed by atoms with Crippen LogP contribution in [0.1, 0.15) is 16.7 Å². The van der Waals surface area contributed by atoms with Crippen molar-refractivity contribution < 1.29 is 26.4 Å². The number of amides is 1. The third kappa shape index (κ3) is 2.56. The molecule has 0 saturated carbocycles. The maximum absolute atomic E-state index is 13.1. The Kier molecular flexibility index (Phi) is 3.67. The average molecular weight is 355 g/mol. The van der Waals surface area contributed by atoms with Crippen LogP contribution in [0, 0.1) is 6.92 Å². The van der Waals surface area contributed by atoms with Crippen LogP contribution >= 0.6 is 0 Å². The molecule has 0 unspecified atom stereocenters. The Labute approximate surface area is 136 Å². The topological polar surface area (TPSA) is 54.5 Å². The van der Waals surface area contributed by atoms with Gasteiger partial charge in [0.25, 0.3) is 10.0 Å². The number of rotatable bonds is 2. The maximum Gasteiger partial charge on any atom is 0.416 e. The van der Waals surface area contributed by atoms with Crippen LogP contribution in [0.25, 0.3) is 0 Å². The van der Waals surface area contributed by atoms with E-state index in [9.17, 15) is 26.4 Å². The summed E-state index contributed by atoms with van der Waals surface area (Å²) in [7, 11) is -4.26. The second-order valence-corrected chi connectivity index (χ2v) is 7.24. The molecule has 3 rings (SSSR count). The lowest BCUT2D eigenvalue weighted by Gasteiger charge is -2.18. The van der Waals surface area contributed by atoms with Crippen molar-refractivity contribution in [2.75, 3.05) is 4.31 Å². The van der Waals surface area contributed by atoms with Crippen molar-refractivity contribution >= 4 is 21.6 Å². The minimum Gasteiger partial charge on any atom is -0.273 e. The van der Waals surface area contributed by atoms with Gasteiger partial charge >= 0.3 is 6.18 Å². The van der Waals surface area contributed by atoms with Crippen LogP contribution in [0.4, 0.5) is 18.9 Å². The Morgan fingerprint density at radius 3 is 2.25 bits per heavy atom. The molecule has 0 N–H and O–H groups in total. The number of halogens is 3. The first-order valence-corrected chi connectivity index (χ1v) is 8.40. The van der Waals surface area contributed by atoms with E-state index < -0.39 is 34.1 Å². The number of sulfonamides is 1. The summed E-state index contributed by atoms with van der Waals surface area (Å²) in [4.78, 5) is 12.0. The van der Waals surface area contributed by atoms with Gasteiger partial charge in [0.15, 0.2) is 0 Å². The van der Waals surface area contributed by atoms with E-state index in [1.165, 1.54) is 18.2 Å². The maximum atomic E-state index is 13.1. The number of aryl methyl sites for hydroxylation is 1. The predicted octanol–water partition coefficient (Wildman–Crippen LogP) is 3.29. The van der Waals surface area contributed by atoms with E-state index in [0.717, 1.165) is 17.7 Å². The molecule has 24 heavy (non-hydrogen) atoms. The molecular formula is C16H12F3NO3S. The molecule has 8 heteroatoms. The van der Waals surface area contributed by atoms with Gasteiger partial charge in [0.2, 0.25) is 5.91 Å². The first-order valence-electron chi connectivity index (χ1n) is 6.96. The number of carbonyl (C=O) groups excluding carboxylic acids is 1. The lowest BCUT2D eigenvalue weighted by molar-refractivity contribution is -0.138. The number of alkyl halides is 3. The second-order valence-electron chi connectivity index (χ2n) is 5.45. The van der Waals surface area contributed by atoms with Gasteiger partial charge in [0, 0.05) is 0 Å². The van der Waals surface area contributed by atoms with Crippen molar-refractivity contribution in [3.8, 4) is 0 Å². The standard InChI is InChI=1S/C16H12F3NO3S/c1-10-5-7-11(8-6-10)24(22,23)20-14-4-2-3-13(16(17,18)19)12(14)9-15(20)21/h2-8H,9H2,1H3. The second kappa shape index (κ2) is 5.34. The van der Waals surface area contributed by atoms with Crippen LogP contribution in [-0.2, 0) is 27.4 Å². The first-order chi connectivity index (χ1) is 11.1. The van der Waals surface area contributed by atoms with Gasteiger partial charge in [0.05, 0.1) is 22.6 Å². The SMILES string of the molecule is Cc1ccc(S(=O)(=O)N2C(=O)Cc3c2cccc3C(F)(F)F)cc1. The Bertz CT molecular complexity index is 919. The van der Waals surface area contributed by atoms with Gasteiger partial charge in [-0.2, -0.15) is 13.2 Å². The summed E-state index contributed by atoms with van der Waals surface area (Å²) in [6.07, 6.45) is -5.26. The third-order valence-electron chi connectivity index (χ3n) is 3.79. The average Bonchev–Trinajstić information content (AvgIpc) is 2.82. The Balaban J connectivity index is 2.16. The summed E-state index contributed by atoms with van der Waals surface area (Å²) in [5, 5.41) is 0. The molecule has 0 fully saturated rings. The summed E-state index contributed by atoms with van der Waals surface area (Å²) in [5.74, 6) is -0.901. The smallest absolute Gasteiger partial charge is 0.273 e. The summed E-state index contributed by atoms with van der Waals surface area (Å²) in [5.41, 5.74) is -0.725. The zero-order chi connectivity index (χ0) is 17.7. The highest BCUT2D eigenvalue weighted by atomic mass is 32.2. The van der Waals surface area contributed by atoms with Crippen LogP contribution < -0.4 is 4.31 Å². The minimum atomic E-state index is -4.66. The van der Waals surface area contributed by atoms with E-state index in [-0.39, 0.29) is 16.1 Å². The minimum absolute atomic E-state index is 0.147. The number of hydrogen-bond acceptors (Lipinski definition) is 3. The molecule has 0 saturated heterocycles. The molecule has 4 nitrogen and oxygen atoms in total. The fourth-order valence-electron chi connectivity index (χ4n) is 2.65. The number of hydrogen-bond donors (Lipinski definition) is 0. The van der Waals surface area contributed by atoms with Crippen molar-refractivity contribution in [2.24, 2.45) is 0 Å². The van der Waals surface area contributed by atoms with Crippen LogP contribution in [0.5, 0.6) is 0 Å². The number of benzene rings is 2. The Morgan fingerprint density at radius 1 is 1.04 bits per heavy atom. The summed E-state index contributed by atoms with van der Waals surface area (Å²) in [6, 6.07) is 8.90. The van der Waals surface area contributed by atoms with Gasteiger partial charge in [-0.25, -0.2) is 12.7 Å². The van der Waals surface area contributed by atoms with E-state index in [1.807, 2.05) is 0 Å². The number of nitrogens with zero attached hydrogens (tertiary/aromatic N) is 1. The fourth-order valence-corrected chi connectivity index (χ4v) is 4.11. The quantitative estimate of drug-likeness (QED) is 0.831. The van der Waals surface area contributed by atoms with Crippen LogP contribution in [-0.4, -0.2) is 14.3 Å². The number of fused-ring (bicyclic) bond motifs is 1. The number of carbonyl (C=O) groups is 1. The molecule has 0 atom stereocenters. The highest BCUT2D eigenvalue weighted by molar-refractivity contribution is 7.93. The normalized spacial score (nSPS) is 14.8. The zero-order valence-corrected chi connectivity index (χ0v) is 13.3. The molecule has 0 bridgehead atoms. The molecule has 0 aromatic heterocycles. The van der Waals surface area contributed by atoms with Gasteiger partial charge < -0.3 is 0 Å². The molecule has 1 amide bonds. The first kappa shape index (κ1) is 16.5. The Hall–Kier alpha value is -2.35. The third-order valence-corrected chi connectivity index (χ3v) is 5.54. The van der Waals surface area contributed by atoms with E-state index in [1.54, 1.807) is 19.1 Å². The Morgan fingerprint density at radius 2 is 1.67 bits per heavy atom. The molecule has 2 aromatic carbocycles. The highest BCUT2D eigenvalue weighted by Gasteiger charge is 2.43. The molecule has 126 valence electrons. The zero-order valence-electron chi connectivity index (χ0n) is 12.5. The molecule has 2 aromatic rings. The van der Waals surface area contributed by atoms with Gasteiger partial charge in [-0.15, -0.1) is 0 Å². The molecule has 0 radical (unpaired) electrons. The van der Waals surface area contributed by atoms with Crippen LogP contribution in [0.3, 0.4) is 0 Å². The monoisotopic (exact) mass is 355 g/mol. The number of anilines is 1. The lowest BCUT2D eigenvalue weighted by atomic mass is 10.0. The summed E-state index contributed by atoms with van der Waals surface area (Å²) < 4.78 is 65.1. The van der Waals surface area contributed by atoms with E-state index >= 15 is 0 Å². The van der Waals surface area contributed by atoms with Crippen molar-refractivity contribution in [2.45, 2.75) is 24.4 Å². The largest absolute Gasteiger partial charge is 0.416 e. The van der Waals surface area contributed by atoms with Crippen molar-refractivity contribution in [3.63, 3.8) is 0 Å². The predicted molar refractivity (Wildman–Crippen MR) is 81.0 cm³/mol. The van der Waals surface area contributed by atoms with Crippen molar-refractivity contribution in [1.29, 1.82) is 0 Å². The van der Waals surface area contributed by atoms with E-state index in [2.05, 4.69) is 0 Å².